The number of hydrogen-bond donors (Lipinski definition) is 2. The van der Waals surface area contributed by atoms with Crippen LogP contribution in [-0.2, 0) is 0 Å². The Kier molecular flexibility index (Phi) is 8.92. The van der Waals surface area contributed by atoms with Crippen LogP contribution in [0.4, 0.5) is 5.69 Å². The van der Waals surface area contributed by atoms with Crippen LogP contribution in [0.15, 0.2) is 24.3 Å². The Labute approximate surface area is 143 Å². The maximum absolute atomic E-state index is 12.2. The summed E-state index contributed by atoms with van der Waals surface area (Å²) in [6.07, 6.45) is 3.18. The van der Waals surface area contributed by atoms with Gasteiger partial charge in [-0.3, -0.25) is 4.79 Å². The average Bonchev–Trinajstić information content (AvgIpc) is 2.53. The normalized spacial score (nSPS) is 10.1. The Morgan fingerprint density at radius 1 is 1.23 bits per heavy atom. The number of hydrogen-bond acceptors (Lipinski definition) is 3. The molecule has 0 fully saturated rings. The maximum atomic E-state index is 12.2. The molecule has 1 rings (SSSR count). The Morgan fingerprint density at radius 2 is 1.86 bits per heavy atom. The molecule has 0 unspecified atom stereocenters. The molecule has 1 amide bonds. The van der Waals surface area contributed by atoms with E-state index in [0.717, 1.165) is 37.5 Å². The third-order valence-corrected chi connectivity index (χ3v) is 4.19. The van der Waals surface area contributed by atoms with Gasteiger partial charge in [-0.2, -0.15) is 11.8 Å². The lowest BCUT2D eigenvalue weighted by Crippen LogP contribution is -2.30. The molecule has 0 atom stereocenters. The summed E-state index contributed by atoms with van der Waals surface area (Å²) in [4.78, 5) is 14.0. The minimum absolute atomic E-state index is 0.0642. The molecule has 4 nitrogen and oxygen atoms in total. The minimum atomic E-state index is 0.0642. The number of anilines is 1. The summed E-state index contributed by atoms with van der Waals surface area (Å²) in [5.41, 5.74) is 1.59. The standard InChI is InChI=1S/C16H25N3OS2/c1-4-19(5-2)15(20)13-7-9-14(10-8-13)18-16(21)17-11-6-12-22-3/h7-10H,4-6,11-12H2,1-3H3,(H2,17,18,21). The molecule has 122 valence electrons. The lowest BCUT2D eigenvalue weighted by molar-refractivity contribution is 0.0773. The molecule has 0 aliphatic heterocycles. The van der Waals surface area contributed by atoms with E-state index in [-0.39, 0.29) is 5.91 Å². The van der Waals surface area contributed by atoms with Crippen molar-refractivity contribution in [1.82, 2.24) is 10.2 Å². The number of benzene rings is 1. The zero-order chi connectivity index (χ0) is 16.4. The Hall–Kier alpha value is -1.27. The monoisotopic (exact) mass is 339 g/mol. The van der Waals surface area contributed by atoms with Crippen LogP contribution in [-0.4, -0.2) is 47.6 Å². The molecule has 22 heavy (non-hydrogen) atoms. The highest BCUT2D eigenvalue weighted by Crippen LogP contribution is 2.11. The molecule has 0 saturated heterocycles. The van der Waals surface area contributed by atoms with Crippen LogP contribution < -0.4 is 10.6 Å². The largest absolute Gasteiger partial charge is 0.362 e. The topological polar surface area (TPSA) is 44.4 Å². The molecular formula is C16H25N3OS2. The van der Waals surface area contributed by atoms with Crippen LogP contribution >= 0.6 is 24.0 Å². The molecule has 0 spiro atoms. The number of carbonyl (C=O) groups excluding carboxylic acids is 1. The molecule has 0 heterocycles. The molecule has 6 heteroatoms. The lowest BCUT2D eigenvalue weighted by Gasteiger charge is -2.18. The summed E-state index contributed by atoms with van der Waals surface area (Å²) in [5.74, 6) is 1.19. The third kappa shape index (κ3) is 6.23. The molecule has 0 saturated carbocycles. The second-order valence-corrected chi connectivity index (χ2v) is 6.18. The number of rotatable bonds is 8. The number of carbonyl (C=O) groups is 1. The highest BCUT2D eigenvalue weighted by Gasteiger charge is 2.11. The first kappa shape index (κ1) is 18.8. The van der Waals surface area contributed by atoms with Crippen LogP contribution in [0.25, 0.3) is 0 Å². The van der Waals surface area contributed by atoms with Crippen LogP contribution in [0, 0.1) is 0 Å². The first-order chi connectivity index (χ1) is 10.6. The van der Waals surface area contributed by atoms with Gasteiger partial charge in [-0.15, -0.1) is 0 Å². The van der Waals surface area contributed by atoms with E-state index in [9.17, 15) is 4.79 Å². The zero-order valence-corrected chi connectivity index (χ0v) is 15.1. The summed E-state index contributed by atoms with van der Waals surface area (Å²) in [5, 5.41) is 6.92. The fraction of sp³-hybridized carbons (Fsp3) is 0.500. The number of nitrogens with one attached hydrogen (secondary N) is 2. The van der Waals surface area contributed by atoms with Crippen molar-refractivity contribution < 1.29 is 4.79 Å². The fourth-order valence-corrected chi connectivity index (χ4v) is 2.64. The van der Waals surface area contributed by atoms with E-state index in [1.165, 1.54) is 0 Å². The van der Waals surface area contributed by atoms with E-state index in [0.29, 0.717) is 10.7 Å². The van der Waals surface area contributed by atoms with Crippen LogP contribution in [0.3, 0.4) is 0 Å². The van der Waals surface area contributed by atoms with Gasteiger partial charge in [-0.05, 0) is 68.8 Å². The summed E-state index contributed by atoms with van der Waals surface area (Å²) < 4.78 is 0. The van der Waals surface area contributed by atoms with Crippen molar-refractivity contribution >= 4 is 40.7 Å². The molecule has 2 N–H and O–H groups in total. The van der Waals surface area contributed by atoms with Gasteiger partial charge in [0.15, 0.2) is 5.11 Å². The van der Waals surface area contributed by atoms with E-state index in [1.54, 1.807) is 4.90 Å². The van der Waals surface area contributed by atoms with E-state index < -0.39 is 0 Å². The van der Waals surface area contributed by atoms with E-state index in [2.05, 4.69) is 16.9 Å². The van der Waals surface area contributed by atoms with Crippen LogP contribution in [0.2, 0.25) is 0 Å². The summed E-state index contributed by atoms with van der Waals surface area (Å²) in [6, 6.07) is 7.43. The molecule has 0 bridgehead atoms. The molecule has 1 aromatic rings. The Morgan fingerprint density at radius 3 is 2.41 bits per heavy atom. The van der Waals surface area contributed by atoms with Gasteiger partial charge in [0.2, 0.25) is 0 Å². The molecule has 0 aromatic heterocycles. The quantitative estimate of drug-likeness (QED) is 0.562. The molecule has 0 radical (unpaired) electrons. The lowest BCUT2D eigenvalue weighted by atomic mass is 10.2. The first-order valence-electron chi connectivity index (χ1n) is 7.55. The van der Waals surface area contributed by atoms with Crippen molar-refractivity contribution in [2.24, 2.45) is 0 Å². The number of thiocarbonyl (C=S) groups is 1. The van der Waals surface area contributed by atoms with Gasteiger partial charge in [0.1, 0.15) is 0 Å². The van der Waals surface area contributed by atoms with Gasteiger partial charge in [0.05, 0.1) is 0 Å². The van der Waals surface area contributed by atoms with Crippen molar-refractivity contribution in [2.75, 3.05) is 37.0 Å². The maximum Gasteiger partial charge on any atom is 0.253 e. The van der Waals surface area contributed by atoms with Gasteiger partial charge < -0.3 is 15.5 Å². The fourth-order valence-electron chi connectivity index (χ4n) is 1.98. The van der Waals surface area contributed by atoms with Crippen LogP contribution in [0.1, 0.15) is 30.6 Å². The number of thioether (sulfide) groups is 1. The van der Waals surface area contributed by atoms with Gasteiger partial charge in [0.25, 0.3) is 5.91 Å². The third-order valence-electron chi connectivity index (χ3n) is 3.25. The summed E-state index contributed by atoms with van der Waals surface area (Å²) >= 11 is 7.07. The van der Waals surface area contributed by atoms with Gasteiger partial charge in [-0.25, -0.2) is 0 Å². The second kappa shape index (κ2) is 10.5. The molecular weight excluding hydrogens is 314 g/mol. The van der Waals surface area contributed by atoms with Gasteiger partial charge >= 0.3 is 0 Å². The van der Waals surface area contributed by atoms with E-state index in [4.69, 9.17) is 12.2 Å². The summed E-state index contributed by atoms with van der Waals surface area (Å²) in [6.45, 7) is 6.28. The zero-order valence-electron chi connectivity index (χ0n) is 13.5. The Bertz CT molecular complexity index is 473. The van der Waals surface area contributed by atoms with Crippen molar-refractivity contribution in [3.05, 3.63) is 29.8 Å². The smallest absolute Gasteiger partial charge is 0.253 e. The summed E-state index contributed by atoms with van der Waals surface area (Å²) in [7, 11) is 0. The highest BCUT2D eigenvalue weighted by atomic mass is 32.2. The van der Waals surface area contributed by atoms with E-state index >= 15 is 0 Å². The average molecular weight is 340 g/mol. The minimum Gasteiger partial charge on any atom is -0.362 e. The van der Waals surface area contributed by atoms with Crippen molar-refractivity contribution in [3.63, 3.8) is 0 Å². The molecule has 1 aromatic carbocycles. The van der Waals surface area contributed by atoms with Crippen molar-refractivity contribution in [1.29, 1.82) is 0 Å². The number of amides is 1. The van der Waals surface area contributed by atoms with Gasteiger partial charge in [-0.1, -0.05) is 0 Å². The van der Waals surface area contributed by atoms with Crippen LogP contribution in [0.5, 0.6) is 0 Å². The molecule has 0 aliphatic rings. The van der Waals surface area contributed by atoms with Crippen molar-refractivity contribution in [3.8, 4) is 0 Å². The van der Waals surface area contributed by atoms with E-state index in [1.807, 2.05) is 49.9 Å². The predicted molar refractivity (Wildman–Crippen MR) is 101 cm³/mol. The van der Waals surface area contributed by atoms with Crippen molar-refractivity contribution in [2.45, 2.75) is 20.3 Å². The first-order valence-corrected chi connectivity index (χ1v) is 9.35. The molecule has 0 aliphatic carbocycles. The Balaban J connectivity index is 2.51. The highest BCUT2D eigenvalue weighted by molar-refractivity contribution is 7.98. The second-order valence-electron chi connectivity index (χ2n) is 4.78. The number of nitrogens with zero attached hydrogens (tertiary/aromatic N) is 1. The predicted octanol–water partition coefficient (Wildman–Crippen LogP) is 3.21. The van der Waals surface area contributed by atoms with Gasteiger partial charge in [0, 0.05) is 30.9 Å². The SMILES string of the molecule is CCN(CC)C(=O)c1ccc(NC(=S)NCCCSC)cc1.